The summed E-state index contributed by atoms with van der Waals surface area (Å²) in [5.41, 5.74) is 4.06. The quantitative estimate of drug-likeness (QED) is 0.628. The molecule has 0 radical (unpaired) electrons. The molecular weight excluding hydrogens is 412 g/mol. The predicted molar refractivity (Wildman–Crippen MR) is 118 cm³/mol. The SMILES string of the molecule is Cc1nnc2n1-c1ccccc1C(c1ccc(Cl)cc1)=C[C@@H]2CC(=O)N1CCC(=O)C1. The molecule has 0 aliphatic carbocycles. The largest absolute Gasteiger partial charge is 0.335 e. The number of allylic oxidation sites excluding steroid dienone is 1. The molecule has 7 heteroatoms. The van der Waals surface area contributed by atoms with E-state index >= 15 is 0 Å². The van der Waals surface area contributed by atoms with Gasteiger partial charge in [0.2, 0.25) is 5.91 Å². The minimum absolute atomic E-state index is 0.0410. The zero-order valence-electron chi connectivity index (χ0n) is 17.1. The zero-order chi connectivity index (χ0) is 21.5. The first-order chi connectivity index (χ1) is 15.0. The van der Waals surface area contributed by atoms with Gasteiger partial charge in [0.15, 0.2) is 5.78 Å². The van der Waals surface area contributed by atoms with Gasteiger partial charge in [-0.15, -0.1) is 10.2 Å². The van der Waals surface area contributed by atoms with Crippen molar-refractivity contribution in [1.29, 1.82) is 0 Å². The van der Waals surface area contributed by atoms with Crippen LogP contribution < -0.4 is 0 Å². The van der Waals surface area contributed by atoms with Crippen molar-refractivity contribution in [3.8, 4) is 5.69 Å². The average Bonchev–Trinajstić information content (AvgIpc) is 3.34. The number of benzene rings is 2. The lowest BCUT2D eigenvalue weighted by Gasteiger charge is -2.18. The van der Waals surface area contributed by atoms with E-state index in [9.17, 15) is 9.59 Å². The molecule has 0 unspecified atom stereocenters. The van der Waals surface area contributed by atoms with Crippen molar-refractivity contribution in [3.63, 3.8) is 0 Å². The number of amides is 1. The molecule has 1 saturated heterocycles. The lowest BCUT2D eigenvalue weighted by Crippen LogP contribution is -2.30. The number of hydrogen-bond donors (Lipinski definition) is 0. The van der Waals surface area contributed by atoms with Crippen molar-refractivity contribution in [3.05, 3.63) is 82.4 Å². The van der Waals surface area contributed by atoms with Crippen LogP contribution in [0.5, 0.6) is 0 Å². The number of Topliss-reactive ketones (excluding diaryl/α,β-unsaturated/α-hetero) is 1. The van der Waals surface area contributed by atoms with Crippen molar-refractivity contribution >= 4 is 28.9 Å². The molecule has 1 aromatic heterocycles. The minimum Gasteiger partial charge on any atom is -0.335 e. The number of ketones is 1. The fraction of sp³-hybridized carbons (Fsp3) is 0.250. The normalized spacial score (nSPS) is 17.7. The standard InChI is InChI=1S/C24H21ClN4O2/c1-15-26-27-24-17(13-23(31)28-11-10-19(30)14-28)12-21(16-6-8-18(25)9-7-16)20-4-2-3-5-22(20)29(15)24/h2-9,12,17H,10-11,13-14H2,1H3/t17-/m1/s1. The second-order valence-corrected chi connectivity index (χ2v) is 8.40. The number of aromatic nitrogens is 3. The Morgan fingerprint density at radius 2 is 1.90 bits per heavy atom. The molecule has 1 fully saturated rings. The van der Waals surface area contributed by atoms with Gasteiger partial charge in [-0.3, -0.25) is 14.2 Å². The summed E-state index contributed by atoms with van der Waals surface area (Å²) in [4.78, 5) is 26.3. The molecule has 3 heterocycles. The monoisotopic (exact) mass is 432 g/mol. The number of fused-ring (bicyclic) bond motifs is 3. The molecule has 0 saturated carbocycles. The fourth-order valence-electron chi connectivity index (χ4n) is 4.37. The maximum Gasteiger partial charge on any atom is 0.224 e. The van der Waals surface area contributed by atoms with E-state index in [0.717, 1.165) is 34.0 Å². The molecule has 0 spiro atoms. The Kier molecular flexibility index (Phi) is 4.94. The van der Waals surface area contributed by atoms with Gasteiger partial charge in [0.25, 0.3) is 0 Å². The van der Waals surface area contributed by atoms with E-state index in [2.05, 4.69) is 22.3 Å². The zero-order valence-corrected chi connectivity index (χ0v) is 17.8. The number of likely N-dealkylation sites (tertiary alicyclic amines) is 1. The van der Waals surface area contributed by atoms with Gasteiger partial charge in [-0.2, -0.15) is 0 Å². The lowest BCUT2D eigenvalue weighted by molar-refractivity contribution is -0.131. The maximum absolute atomic E-state index is 13.0. The number of hydrogen-bond acceptors (Lipinski definition) is 4. The number of carbonyl (C=O) groups is 2. The molecule has 31 heavy (non-hydrogen) atoms. The Morgan fingerprint density at radius 1 is 1.13 bits per heavy atom. The highest BCUT2D eigenvalue weighted by atomic mass is 35.5. The molecule has 156 valence electrons. The molecule has 2 aliphatic rings. The molecule has 2 aromatic carbocycles. The van der Waals surface area contributed by atoms with Crippen LogP contribution in [0, 0.1) is 6.92 Å². The molecule has 1 amide bonds. The number of halogens is 1. The first kappa shape index (κ1) is 19.7. The van der Waals surface area contributed by atoms with E-state index in [1.807, 2.05) is 54.0 Å². The number of rotatable bonds is 3. The first-order valence-electron chi connectivity index (χ1n) is 10.3. The van der Waals surface area contributed by atoms with Gasteiger partial charge in [0.1, 0.15) is 11.6 Å². The van der Waals surface area contributed by atoms with Gasteiger partial charge in [0, 0.05) is 35.9 Å². The third-order valence-electron chi connectivity index (χ3n) is 5.91. The van der Waals surface area contributed by atoms with Gasteiger partial charge in [-0.1, -0.05) is 48.0 Å². The highest BCUT2D eigenvalue weighted by Gasteiger charge is 2.31. The fourth-order valence-corrected chi connectivity index (χ4v) is 4.50. The molecule has 0 bridgehead atoms. The smallest absolute Gasteiger partial charge is 0.224 e. The van der Waals surface area contributed by atoms with Crippen LogP contribution in [0.4, 0.5) is 0 Å². The third-order valence-corrected chi connectivity index (χ3v) is 6.17. The van der Waals surface area contributed by atoms with Crippen LogP contribution >= 0.6 is 11.6 Å². The van der Waals surface area contributed by atoms with Gasteiger partial charge in [0.05, 0.1) is 12.2 Å². The molecule has 1 atom stereocenters. The summed E-state index contributed by atoms with van der Waals surface area (Å²) in [6.07, 6.45) is 2.77. The summed E-state index contributed by atoms with van der Waals surface area (Å²) in [5.74, 6) is 1.29. The Balaban J connectivity index is 1.64. The van der Waals surface area contributed by atoms with Crippen molar-refractivity contribution in [2.24, 2.45) is 0 Å². The van der Waals surface area contributed by atoms with Crippen molar-refractivity contribution in [1.82, 2.24) is 19.7 Å². The van der Waals surface area contributed by atoms with Crippen LogP contribution in [0.1, 0.15) is 41.5 Å². The van der Waals surface area contributed by atoms with Crippen LogP contribution in [-0.4, -0.2) is 44.4 Å². The Bertz CT molecular complexity index is 1210. The average molecular weight is 433 g/mol. The topological polar surface area (TPSA) is 68.1 Å². The molecule has 3 aromatic rings. The highest BCUT2D eigenvalue weighted by Crippen LogP contribution is 2.38. The minimum atomic E-state index is -0.275. The van der Waals surface area contributed by atoms with Gasteiger partial charge in [-0.25, -0.2) is 0 Å². The number of nitrogens with zero attached hydrogens (tertiary/aromatic N) is 4. The summed E-state index contributed by atoms with van der Waals surface area (Å²) >= 11 is 6.12. The van der Waals surface area contributed by atoms with Crippen molar-refractivity contribution in [2.75, 3.05) is 13.1 Å². The van der Waals surface area contributed by atoms with Crippen LogP contribution in [0.15, 0.2) is 54.6 Å². The third kappa shape index (κ3) is 3.57. The summed E-state index contributed by atoms with van der Waals surface area (Å²) < 4.78 is 2.03. The van der Waals surface area contributed by atoms with E-state index < -0.39 is 0 Å². The Labute approximate surface area is 185 Å². The van der Waals surface area contributed by atoms with E-state index in [1.165, 1.54) is 0 Å². The van der Waals surface area contributed by atoms with Crippen LogP contribution in [0.2, 0.25) is 5.02 Å². The lowest BCUT2D eigenvalue weighted by atomic mass is 9.92. The second-order valence-electron chi connectivity index (χ2n) is 7.96. The summed E-state index contributed by atoms with van der Waals surface area (Å²) in [6, 6.07) is 15.8. The molecule has 0 N–H and O–H groups in total. The van der Waals surface area contributed by atoms with Crippen LogP contribution in [0.25, 0.3) is 11.3 Å². The van der Waals surface area contributed by atoms with Gasteiger partial charge < -0.3 is 4.90 Å². The van der Waals surface area contributed by atoms with Crippen molar-refractivity contribution < 1.29 is 9.59 Å². The Hall–Kier alpha value is -3.25. The number of aryl methyl sites for hydroxylation is 1. The van der Waals surface area contributed by atoms with E-state index in [1.54, 1.807) is 4.90 Å². The molecule has 2 aliphatic heterocycles. The van der Waals surface area contributed by atoms with E-state index in [4.69, 9.17) is 11.6 Å². The molecule has 6 nitrogen and oxygen atoms in total. The van der Waals surface area contributed by atoms with Crippen molar-refractivity contribution in [2.45, 2.75) is 25.7 Å². The number of carbonyl (C=O) groups excluding carboxylic acids is 2. The van der Waals surface area contributed by atoms with Crippen LogP contribution in [0.3, 0.4) is 0 Å². The molecule has 5 rings (SSSR count). The number of para-hydroxylation sites is 1. The summed E-state index contributed by atoms with van der Waals surface area (Å²) in [7, 11) is 0. The Morgan fingerprint density at radius 3 is 2.65 bits per heavy atom. The maximum atomic E-state index is 13.0. The van der Waals surface area contributed by atoms with Crippen LogP contribution in [-0.2, 0) is 9.59 Å². The van der Waals surface area contributed by atoms with Gasteiger partial charge >= 0.3 is 0 Å². The first-order valence-corrected chi connectivity index (χ1v) is 10.7. The summed E-state index contributed by atoms with van der Waals surface area (Å²) in [6.45, 7) is 2.61. The molecular formula is C24H21ClN4O2. The summed E-state index contributed by atoms with van der Waals surface area (Å²) in [5, 5.41) is 9.42. The highest BCUT2D eigenvalue weighted by molar-refractivity contribution is 6.30. The predicted octanol–water partition coefficient (Wildman–Crippen LogP) is 3.95. The van der Waals surface area contributed by atoms with Gasteiger partial charge in [-0.05, 0) is 36.3 Å². The second kappa shape index (κ2) is 7.78. The van der Waals surface area contributed by atoms with E-state index in [-0.39, 0.29) is 30.6 Å². The van der Waals surface area contributed by atoms with E-state index in [0.29, 0.717) is 18.0 Å².